The van der Waals surface area contributed by atoms with E-state index >= 15 is 0 Å². The van der Waals surface area contributed by atoms with Gasteiger partial charge in [-0.25, -0.2) is 4.79 Å². The smallest absolute Gasteiger partial charge is 0.237 e. The third kappa shape index (κ3) is 1.07. The fraction of sp³-hybridized carbons (Fsp3) is 0.900. The monoisotopic (exact) mass is 179 g/mol. The maximum absolute atomic E-state index is 10.3. The molecule has 4 aliphatic rings. The number of aliphatic imine (C=N–C) groups is 1. The molecule has 2 aliphatic carbocycles. The first-order valence-corrected chi connectivity index (χ1v) is 5.06. The van der Waals surface area contributed by atoms with Crippen molar-refractivity contribution in [3.05, 3.63) is 0 Å². The van der Waals surface area contributed by atoms with Crippen LogP contribution in [0.4, 0.5) is 0 Å². The van der Waals surface area contributed by atoms with Crippen molar-refractivity contribution in [2.45, 2.75) is 43.9 Å². The topological polar surface area (TPSA) is 38.7 Å². The van der Waals surface area contributed by atoms with Gasteiger partial charge in [0.25, 0.3) is 0 Å². The van der Waals surface area contributed by atoms with Gasteiger partial charge in [-0.15, -0.1) is 0 Å². The first-order chi connectivity index (χ1) is 6.30. The van der Waals surface area contributed by atoms with Crippen molar-refractivity contribution in [2.75, 3.05) is 0 Å². The molecule has 2 heterocycles. The Morgan fingerprint density at radius 2 is 1.92 bits per heavy atom. The molecule has 0 aromatic carbocycles. The summed E-state index contributed by atoms with van der Waals surface area (Å²) in [6.07, 6.45) is 7.66. The molecule has 4 bridgehead atoms. The minimum atomic E-state index is -0.448. The molecule has 70 valence electrons. The number of nitrogens with zero attached hydrogens (tertiary/aromatic N) is 1. The summed E-state index contributed by atoms with van der Waals surface area (Å²) in [6, 6.07) is 0. The van der Waals surface area contributed by atoms with E-state index in [-0.39, 0.29) is 0 Å². The molecule has 3 nitrogen and oxygen atoms in total. The van der Waals surface area contributed by atoms with Crippen LogP contribution in [0.15, 0.2) is 4.99 Å². The van der Waals surface area contributed by atoms with Crippen LogP contribution in [-0.2, 0) is 9.53 Å². The molecule has 2 saturated heterocycles. The predicted molar refractivity (Wildman–Crippen MR) is 45.8 cm³/mol. The third-order valence-electron chi connectivity index (χ3n) is 3.71. The molecule has 13 heavy (non-hydrogen) atoms. The molecule has 4 fully saturated rings. The van der Waals surface area contributed by atoms with Crippen LogP contribution >= 0.6 is 0 Å². The van der Waals surface area contributed by atoms with E-state index in [1.165, 1.54) is 19.3 Å². The fourth-order valence-corrected chi connectivity index (χ4v) is 3.53. The van der Waals surface area contributed by atoms with Crippen LogP contribution in [0.25, 0.3) is 0 Å². The van der Waals surface area contributed by atoms with Crippen molar-refractivity contribution in [1.29, 1.82) is 0 Å². The number of rotatable bonds is 1. The van der Waals surface area contributed by atoms with Crippen molar-refractivity contribution in [1.82, 2.24) is 0 Å². The van der Waals surface area contributed by atoms with Gasteiger partial charge in [0.05, 0.1) is 6.10 Å². The number of hydrogen-bond donors (Lipinski definition) is 0. The Morgan fingerprint density at radius 3 is 2.46 bits per heavy atom. The summed E-state index contributed by atoms with van der Waals surface area (Å²) in [7, 11) is 0. The molecule has 0 aromatic rings. The van der Waals surface area contributed by atoms with E-state index in [4.69, 9.17) is 4.74 Å². The zero-order valence-corrected chi connectivity index (χ0v) is 7.53. The maximum Gasteiger partial charge on any atom is 0.237 e. The summed E-state index contributed by atoms with van der Waals surface area (Å²) >= 11 is 0. The van der Waals surface area contributed by atoms with Gasteiger partial charge in [0, 0.05) is 12.8 Å². The lowest BCUT2D eigenvalue weighted by atomic mass is 9.65. The average Bonchev–Trinajstić information content (AvgIpc) is 2.00. The highest BCUT2D eigenvalue weighted by atomic mass is 16.5. The molecule has 0 N–H and O–H groups in total. The highest BCUT2D eigenvalue weighted by Crippen LogP contribution is 2.53. The molecule has 0 radical (unpaired) electrons. The van der Waals surface area contributed by atoms with E-state index in [1.807, 2.05) is 0 Å². The van der Waals surface area contributed by atoms with Gasteiger partial charge in [0.2, 0.25) is 6.08 Å². The lowest BCUT2D eigenvalue weighted by Crippen LogP contribution is -2.53. The zero-order valence-electron chi connectivity index (χ0n) is 7.53. The van der Waals surface area contributed by atoms with E-state index in [0.29, 0.717) is 6.10 Å². The van der Waals surface area contributed by atoms with Gasteiger partial charge in [-0.05, 0) is 31.1 Å². The van der Waals surface area contributed by atoms with Crippen molar-refractivity contribution < 1.29 is 9.53 Å². The van der Waals surface area contributed by atoms with Gasteiger partial charge in [-0.1, -0.05) is 0 Å². The minimum Gasteiger partial charge on any atom is -0.350 e. The Hall–Kier alpha value is -0.660. The number of isocyanates is 1. The molecule has 0 amide bonds. The highest BCUT2D eigenvalue weighted by Gasteiger charge is 2.52. The van der Waals surface area contributed by atoms with E-state index in [0.717, 1.165) is 24.7 Å². The quantitative estimate of drug-likeness (QED) is 0.453. The van der Waals surface area contributed by atoms with Crippen LogP contribution < -0.4 is 0 Å². The Morgan fingerprint density at radius 1 is 1.23 bits per heavy atom. The van der Waals surface area contributed by atoms with Crippen LogP contribution in [-0.4, -0.2) is 17.9 Å². The largest absolute Gasteiger partial charge is 0.350 e. The molecule has 3 heteroatoms. The van der Waals surface area contributed by atoms with Crippen molar-refractivity contribution >= 4 is 6.08 Å². The molecule has 2 unspecified atom stereocenters. The lowest BCUT2D eigenvalue weighted by molar-refractivity contribution is -0.215. The second-order valence-electron chi connectivity index (χ2n) is 4.74. The summed E-state index contributed by atoms with van der Waals surface area (Å²) in [4.78, 5) is 14.2. The second kappa shape index (κ2) is 2.43. The average molecular weight is 179 g/mol. The van der Waals surface area contributed by atoms with Gasteiger partial charge in [-0.2, -0.15) is 4.99 Å². The highest BCUT2D eigenvalue weighted by molar-refractivity contribution is 5.34. The zero-order chi connectivity index (χ0) is 8.89. The summed E-state index contributed by atoms with van der Waals surface area (Å²) in [5.74, 6) is 1.51. The lowest BCUT2D eigenvalue weighted by Gasteiger charge is -2.53. The van der Waals surface area contributed by atoms with Crippen LogP contribution in [0.3, 0.4) is 0 Å². The molecule has 2 aliphatic heterocycles. The van der Waals surface area contributed by atoms with Gasteiger partial charge < -0.3 is 4.74 Å². The summed E-state index contributed by atoms with van der Waals surface area (Å²) in [5, 5.41) is 0. The fourth-order valence-electron chi connectivity index (χ4n) is 3.53. The Bertz CT molecular complexity index is 245. The predicted octanol–water partition coefficient (Wildman–Crippen LogP) is 1.63. The van der Waals surface area contributed by atoms with E-state index in [2.05, 4.69) is 4.99 Å². The minimum absolute atomic E-state index is 0.378. The standard InChI is InChI=1S/C10H13NO2/c12-6-11-10-4-7-1-8(5-10)3-9(2-7)13-10/h7-9H,1-5H2/t7?,8?,9-,10+. The van der Waals surface area contributed by atoms with Crippen LogP contribution in [0.5, 0.6) is 0 Å². The van der Waals surface area contributed by atoms with Crippen molar-refractivity contribution in [3.63, 3.8) is 0 Å². The number of hydrogen-bond acceptors (Lipinski definition) is 3. The van der Waals surface area contributed by atoms with E-state index in [9.17, 15) is 4.79 Å². The molecular formula is C10H13NO2. The molecule has 2 saturated carbocycles. The van der Waals surface area contributed by atoms with Crippen LogP contribution in [0.1, 0.15) is 32.1 Å². The molecule has 0 aromatic heterocycles. The van der Waals surface area contributed by atoms with Gasteiger partial charge in [0.15, 0.2) is 5.72 Å². The summed E-state index contributed by atoms with van der Waals surface area (Å²) < 4.78 is 5.82. The number of carbonyl (C=O) groups excluding carboxylic acids is 1. The molecular weight excluding hydrogens is 166 g/mol. The molecule has 0 spiro atoms. The Kier molecular flexibility index (Phi) is 1.44. The van der Waals surface area contributed by atoms with Crippen LogP contribution in [0.2, 0.25) is 0 Å². The SMILES string of the molecule is O=C=N[C@]12CC3CC(C[C@H](C3)O1)C2. The van der Waals surface area contributed by atoms with Gasteiger partial charge >= 0.3 is 0 Å². The normalized spacial score (nSPS) is 51.8. The first-order valence-electron chi connectivity index (χ1n) is 5.06. The Labute approximate surface area is 77.2 Å². The molecule has 2 atom stereocenters. The van der Waals surface area contributed by atoms with Crippen LogP contribution in [0, 0.1) is 11.8 Å². The Balaban J connectivity index is 1.95. The maximum atomic E-state index is 10.3. The molecule has 4 rings (SSSR count). The van der Waals surface area contributed by atoms with E-state index < -0.39 is 5.72 Å². The van der Waals surface area contributed by atoms with Crippen molar-refractivity contribution in [3.8, 4) is 0 Å². The summed E-state index contributed by atoms with van der Waals surface area (Å²) in [6.45, 7) is 0. The first kappa shape index (κ1) is 7.72. The number of ether oxygens (including phenoxy) is 1. The van der Waals surface area contributed by atoms with E-state index in [1.54, 1.807) is 6.08 Å². The second-order valence-corrected chi connectivity index (χ2v) is 4.74. The summed E-state index contributed by atoms with van der Waals surface area (Å²) in [5.41, 5.74) is -0.448. The van der Waals surface area contributed by atoms with Gasteiger partial charge in [-0.3, -0.25) is 0 Å². The third-order valence-corrected chi connectivity index (χ3v) is 3.71. The van der Waals surface area contributed by atoms with Gasteiger partial charge in [0.1, 0.15) is 0 Å². The van der Waals surface area contributed by atoms with Crippen molar-refractivity contribution in [2.24, 2.45) is 16.8 Å².